The summed E-state index contributed by atoms with van der Waals surface area (Å²) in [5.41, 5.74) is 6.83. The molecule has 8 heteroatoms. The number of anilines is 2. The minimum Gasteiger partial charge on any atom is -0.382 e. The molecule has 0 aliphatic carbocycles. The predicted octanol–water partition coefficient (Wildman–Crippen LogP) is 4.12. The van der Waals surface area contributed by atoms with E-state index in [1.165, 1.54) is 17.4 Å². The van der Waals surface area contributed by atoms with Crippen molar-refractivity contribution in [2.24, 2.45) is 0 Å². The topological polar surface area (TPSA) is 68.0 Å². The molecule has 0 saturated heterocycles. The maximum absolute atomic E-state index is 11.9. The van der Waals surface area contributed by atoms with Crippen molar-refractivity contribution in [1.82, 2.24) is 4.98 Å². The van der Waals surface area contributed by atoms with E-state index in [1.54, 1.807) is 18.3 Å². The number of alkyl halides is 3. The highest BCUT2D eigenvalue weighted by Crippen LogP contribution is 2.31. The van der Waals surface area contributed by atoms with E-state index in [0.29, 0.717) is 17.2 Å². The van der Waals surface area contributed by atoms with Crippen LogP contribution in [0.5, 0.6) is 0 Å². The van der Waals surface area contributed by atoms with Gasteiger partial charge in [0.1, 0.15) is 5.82 Å². The Bertz CT molecular complexity index is 666. The van der Waals surface area contributed by atoms with Crippen molar-refractivity contribution in [1.29, 1.82) is 0 Å². The number of aromatic nitrogens is 1. The number of halogens is 3. The summed E-state index contributed by atoms with van der Waals surface area (Å²) in [4.78, 5) is 16.7. The number of carbonyl (C=O) groups excluding carboxylic acids is 1. The molecule has 0 aromatic carbocycles. The maximum Gasteiger partial charge on any atom is 0.252 e. The molecule has 2 heterocycles. The largest absolute Gasteiger partial charge is 0.382 e. The van der Waals surface area contributed by atoms with Crippen LogP contribution in [0.1, 0.15) is 4.88 Å². The summed E-state index contributed by atoms with van der Waals surface area (Å²) >= 11 is 18.2. The molecule has 2 rings (SSSR count). The first-order valence-corrected chi connectivity index (χ1v) is 7.73. The zero-order valence-electron chi connectivity index (χ0n) is 10.5. The number of pyridine rings is 1. The van der Waals surface area contributed by atoms with Gasteiger partial charge in [-0.05, 0) is 23.6 Å². The SMILES string of the molecule is Nc1ncccc1N/C(=C/C(=O)C(Cl)(Cl)Cl)c1cccs1. The van der Waals surface area contributed by atoms with E-state index in [-0.39, 0.29) is 0 Å². The molecule has 0 saturated carbocycles. The van der Waals surface area contributed by atoms with Crippen LogP contribution in [0.4, 0.5) is 11.5 Å². The van der Waals surface area contributed by atoms with Gasteiger partial charge in [0.25, 0.3) is 3.79 Å². The lowest BCUT2D eigenvalue weighted by atomic mass is 10.2. The summed E-state index contributed by atoms with van der Waals surface area (Å²) in [6.07, 6.45) is 2.81. The number of ketones is 1. The number of carbonyl (C=O) groups is 1. The third-order valence-electron chi connectivity index (χ3n) is 2.45. The molecule has 0 bridgehead atoms. The fourth-order valence-electron chi connectivity index (χ4n) is 1.48. The minimum atomic E-state index is -2.01. The summed E-state index contributed by atoms with van der Waals surface area (Å²) in [6.45, 7) is 0. The average Bonchev–Trinajstić information content (AvgIpc) is 2.93. The number of allylic oxidation sites excluding steroid dienone is 1. The van der Waals surface area contributed by atoms with Crippen molar-refractivity contribution in [2.45, 2.75) is 3.79 Å². The van der Waals surface area contributed by atoms with Gasteiger partial charge in [-0.1, -0.05) is 40.9 Å². The molecule has 0 radical (unpaired) electrons. The van der Waals surface area contributed by atoms with Crippen LogP contribution in [0.2, 0.25) is 0 Å². The summed E-state index contributed by atoms with van der Waals surface area (Å²) in [6, 6.07) is 7.15. The molecule has 2 aromatic heterocycles. The summed E-state index contributed by atoms with van der Waals surface area (Å²) in [7, 11) is 0. The van der Waals surface area contributed by atoms with Gasteiger partial charge in [0, 0.05) is 12.3 Å². The molecule has 0 fully saturated rings. The van der Waals surface area contributed by atoms with Crippen molar-refractivity contribution < 1.29 is 4.79 Å². The van der Waals surface area contributed by atoms with E-state index in [1.807, 2.05) is 17.5 Å². The Labute approximate surface area is 140 Å². The number of nitrogens with one attached hydrogen (secondary N) is 1. The molecule has 0 atom stereocenters. The lowest BCUT2D eigenvalue weighted by Gasteiger charge is -2.12. The standard InChI is InChI=1S/C13H10Cl3N3OS/c14-13(15,16)11(20)7-9(10-4-2-6-21-10)19-8-3-1-5-18-12(8)17/h1-7,19H,(H2,17,18)/b9-7+. The fraction of sp³-hybridized carbons (Fsp3) is 0.0769. The molecule has 0 aliphatic rings. The Morgan fingerprint density at radius 1 is 1.33 bits per heavy atom. The first-order chi connectivity index (χ1) is 9.88. The van der Waals surface area contributed by atoms with E-state index in [4.69, 9.17) is 40.5 Å². The number of nitrogens with two attached hydrogens (primary N) is 1. The second-order valence-electron chi connectivity index (χ2n) is 3.96. The van der Waals surface area contributed by atoms with Crippen LogP contribution in [0.3, 0.4) is 0 Å². The molecule has 0 aliphatic heterocycles. The second kappa shape index (κ2) is 6.66. The van der Waals surface area contributed by atoms with E-state index in [0.717, 1.165) is 4.88 Å². The summed E-state index contributed by atoms with van der Waals surface area (Å²) < 4.78 is -2.01. The van der Waals surface area contributed by atoms with E-state index >= 15 is 0 Å². The zero-order valence-corrected chi connectivity index (χ0v) is 13.6. The zero-order chi connectivity index (χ0) is 15.5. The van der Waals surface area contributed by atoms with Crippen LogP contribution < -0.4 is 11.1 Å². The highest BCUT2D eigenvalue weighted by atomic mass is 35.6. The Morgan fingerprint density at radius 3 is 2.67 bits per heavy atom. The molecule has 0 spiro atoms. The van der Waals surface area contributed by atoms with Gasteiger partial charge in [-0.3, -0.25) is 4.79 Å². The maximum atomic E-state index is 11.9. The monoisotopic (exact) mass is 361 g/mol. The van der Waals surface area contributed by atoms with Crippen LogP contribution in [0, 0.1) is 0 Å². The van der Waals surface area contributed by atoms with Crippen LogP contribution in [0.15, 0.2) is 41.9 Å². The van der Waals surface area contributed by atoms with Crippen molar-refractivity contribution >= 4 is 69.1 Å². The molecular weight excluding hydrogens is 353 g/mol. The van der Waals surface area contributed by atoms with Gasteiger partial charge in [0.2, 0.25) is 5.78 Å². The molecule has 0 unspecified atom stereocenters. The van der Waals surface area contributed by atoms with Crippen LogP contribution in [-0.2, 0) is 4.79 Å². The number of hydrogen-bond acceptors (Lipinski definition) is 5. The number of thiophene rings is 1. The summed E-state index contributed by atoms with van der Waals surface area (Å²) in [5.74, 6) is -0.341. The minimum absolute atomic E-state index is 0.307. The predicted molar refractivity (Wildman–Crippen MR) is 89.9 cm³/mol. The molecule has 0 amide bonds. The Hall–Kier alpha value is -1.27. The van der Waals surface area contributed by atoms with Gasteiger partial charge in [-0.15, -0.1) is 11.3 Å². The van der Waals surface area contributed by atoms with E-state index < -0.39 is 9.58 Å². The number of nitrogen functional groups attached to an aromatic ring is 1. The van der Waals surface area contributed by atoms with E-state index in [2.05, 4.69) is 10.3 Å². The molecule has 3 N–H and O–H groups in total. The third-order valence-corrected chi connectivity index (χ3v) is 3.91. The van der Waals surface area contributed by atoms with Crippen molar-refractivity contribution in [3.05, 3.63) is 46.8 Å². The highest BCUT2D eigenvalue weighted by Gasteiger charge is 2.29. The fourth-order valence-corrected chi connectivity index (χ4v) is 2.34. The Morgan fingerprint density at radius 2 is 2.10 bits per heavy atom. The lowest BCUT2D eigenvalue weighted by Crippen LogP contribution is -2.17. The number of nitrogens with zero attached hydrogens (tertiary/aromatic N) is 1. The van der Waals surface area contributed by atoms with Gasteiger partial charge >= 0.3 is 0 Å². The number of rotatable bonds is 4. The van der Waals surface area contributed by atoms with Crippen molar-refractivity contribution in [3.8, 4) is 0 Å². The number of hydrogen-bond donors (Lipinski definition) is 2. The molecule has 21 heavy (non-hydrogen) atoms. The Balaban J connectivity index is 2.37. The van der Waals surface area contributed by atoms with Crippen LogP contribution in [0.25, 0.3) is 5.70 Å². The summed E-state index contributed by atoms with van der Waals surface area (Å²) in [5, 5.41) is 4.91. The van der Waals surface area contributed by atoms with Crippen molar-refractivity contribution in [3.63, 3.8) is 0 Å². The molecule has 110 valence electrons. The third kappa shape index (κ3) is 4.35. The molecule has 2 aromatic rings. The molecule has 4 nitrogen and oxygen atoms in total. The quantitative estimate of drug-likeness (QED) is 0.634. The van der Waals surface area contributed by atoms with Crippen LogP contribution in [-0.4, -0.2) is 14.6 Å². The van der Waals surface area contributed by atoms with Gasteiger partial charge in [-0.2, -0.15) is 0 Å². The van der Waals surface area contributed by atoms with Gasteiger partial charge in [-0.25, -0.2) is 4.98 Å². The lowest BCUT2D eigenvalue weighted by molar-refractivity contribution is -0.113. The van der Waals surface area contributed by atoms with Crippen molar-refractivity contribution in [2.75, 3.05) is 11.1 Å². The molecular formula is C13H10Cl3N3OS. The normalized spacial score (nSPS) is 12.2. The first kappa shape index (κ1) is 16.1. The van der Waals surface area contributed by atoms with Gasteiger partial charge in [0.15, 0.2) is 0 Å². The van der Waals surface area contributed by atoms with Gasteiger partial charge in [0.05, 0.1) is 16.3 Å². The highest BCUT2D eigenvalue weighted by molar-refractivity contribution is 7.11. The van der Waals surface area contributed by atoms with Crippen LogP contribution >= 0.6 is 46.1 Å². The van der Waals surface area contributed by atoms with Gasteiger partial charge < -0.3 is 11.1 Å². The van der Waals surface area contributed by atoms with E-state index in [9.17, 15) is 4.79 Å². The average molecular weight is 363 g/mol. The Kier molecular flexibility index (Phi) is 5.11. The smallest absolute Gasteiger partial charge is 0.252 e. The second-order valence-corrected chi connectivity index (χ2v) is 7.19. The first-order valence-electron chi connectivity index (χ1n) is 5.72.